The number of anilines is 1. The molecule has 9 heteroatoms. The molecule has 35 heavy (non-hydrogen) atoms. The van der Waals surface area contributed by atoms with Crippen LogP contribution in [-0.4, -0.2) is 40.7 Å². The van der Waals surface area contributed by atoms with E-state index in [1.165, 1.54) is 6.07 Å². The van der Waals surface area contributed by atoms with E-state index in [0.717, 1.165) is 23.6 Å². The van der Waals surface area contributed by atoms with Crippen molar-refractivity contribution < 1.29 is 18.7 Å². The van der Waals surface area contributed by atoms with Crippen molar-refractivity contribution in [3.63, 3.8) is 0 Å². The van der Waals surface area contributed by atoms with Crippen molar-refractivity contribution in [3.8, 4) is 0 Å². The van der Waals surface area contributed by atoms with E-state index in [4.69, 9.17) is 16.3 Å². The first-order valence-electron chi connectivity index (χ1n) is 11.8. The second kappa shape index (κ2) is 11.4. The largest absolute Gasteiger partial charge is 0.444 e. The number of nitrogens with zero attached hydrogens (tertiary/aromatic N) is 2. The Hall–Kier alpha value is -3.39. The van der Waals surface area contributed by atoms with Crippen molar-refractivity contribution in [1.82, 2.24) is 15.2 Å². The highest BCUT2D eigenvalue weighted by Gasteiger charge is 2.35. The van der Waals surface area contributed by atoms with E-state index in [0.29, 0.717) is 30.8 Å². The van der Waals surface area contributed by atoms with Gasteiger partial charge in [0.25, 0.3) is 0 Å². The third-order valence-corrected chi connectivity index (χ3v) is 6.67. The van der Waals surface area contributed by atoms with Crippen LogP contribution in [0.15, 0.2) is 54.7 Å². The lowest BCUT2D eigenvalue weighted by atomic mass is 9.91. The molecule has 0 saturated heterocycles. The van der Waals surface area contributed by atoms with Gasteiger partial charge in [0.05, 0.1) is 11.1 Å². The molecule has 2 aromatic carbocycles. The third kappa shape index (κ3) is 6.00. The van der Waals surface area contributed by atoms with Crippen LogP contribution in [0.5, 0.6) is 0 Å². The van der Waals surface area contributed by atoms with Gasteiger partial charge in [-0.05, 0) is 49.3 Å². The normalized spacial score (nSPS) is 17.6. The van der Waals surface area contributed by atoms with Crippen molar-refractivity contribution in [3.05, 3.63) is 71.1 Å². The summed E-state index contributed by atoms with van der Waals surface area (Å²) in [5.41, 5.74) is 0.495. The molecule has 3 aromatic rings. The van der Waals surface area contributed by atoms with E-state index in [1.807, 2.05) is 31.2 Å². The third-order valence-electron chi connectivity index (χ3n) is 6.25. The molecule has 2 atom stereocenters. The Morgan fingerprint density at radius 2 is 1.91 bits per heavy atom. The highest BCUT2D eigenvalue weighted by Crippen LogP contribution is 2.27. The SMILES string of the molecule is CCN(C(=O)NCc1cccc(F)c1Cl)[C@@H]1CCCC[C@H]1OC(=O)Nc1cc2ccccc2cn1. The van der Waals surface area contributed by atoms with Crippen LogP contribution in [0.3, 0.4) is 0 Å². The summed E-state index contributed by atoms with van der Waals surface area (Å²) in [6, 6.07) is 13.4. The van der Waals surface area contributed by atoms with Gasteiger partial charge in [-0.3, -0.25) is 5.32 Å². The predicted molar refractivity (Wildman–Crippen MR) is 134 cm³/mol. The maximum absolute atomic E-state index is 13.7. The number of ether oxygens (including phenoxy) is 1. The summed E-state index contributed by atoms with van der Waals surface area (Å²) >= 11 is 6.01. The number of pyridine rings is 1. The zero-order chi connectivity index (χ0) is 24.8. The average molecular weight is 499 g/mol. The molecule has 4 rings (SSSR count). The molecule has 0 radical (unpaired) electrons. The van der Waals surface area contributed by atoms with Gasteiger partial charge in [-0.2, -0.15) is 0 Å². The highest BCUT2D eigenvalue weighted by molar-refractivity contribution is 6.31. The first-order chi connectivity index (χ1) is 17.0. The minimum atomic E-state index is -0.604. The van der Waals surface area contributed by atoms with E-state index >= 15 is 0 Å². The van der Waals surface area contributed by atoms with Crippen molar-refractivity contribution in [1.29, 1.82) is 0 Å². The molecule has 1 aliphatic rings. The molecule has 1 fully saturated rings. The number of hydrogen-bond acceptors (Lipinski definition) is 4. The lowest BCUT2D eigenvalue weighted by Crippen LogP contribution is -2.53. The second-order valence-electron chi connectivity index (χ2n) is 8.49. The van der Waals surface area contributed by atoms with Crippen molar-refractivity contribution in [2.45, 2.75) is 51.3 Å². The van der Waals surface area contributed by atoms with Gasteiger partial charge in [-0.1, -0.05) is 54.4 Å². The molecule has 0 unspecified atom stereocenters. The van der Waals surface area contributed by atoms with Gasteiger partial charge < -0.3 is 15.0 Å². The van der Waals surface area contributed by atoms with E-state index in [1.54, 1.807) is 29.3 Å². The van der Waals surface area contributed by atoms with Gasteiger partial charge in [0.1, 0.15) is 17.7 Å². The lowest BCUT2D eigenvalue weighted by molar-refractivity contribution is 0.0240. The Labute approximate surface area is 208 Å². The number of amides is 3. The molecule has 2 N–H and O–H groups in total. The number of carbonyl (C=O) groups is 2. The van der Waals surface area contributed by atoms with Crippen LogP contribution >= 0.6 is 11.6 Å². The van der Waals surface area contributed by atoms with Crippen LogP contribution in [0, 0.1) is 5.82 Å². The zero-order valence-corrected chi connectivity index (χ0v) is 20.2. The lowest BCUT2D eigenvalue weighted by Gasteiger charge is -2.38. The van der Waals surface area contributed by atoms with E-state index < -0.39 is 18.0 Å². The number of fused-ring (bicyclic) bond motifs is 1. The molecule has 3 amide bonds. The van der Waals surface area contributed by atoms with E-state index in [-0.39, 0.29) is 23.6 Å². The maximum atomic E-state index is 13.7. The smallest absolute Gasteiger partial charge is 0.413 e. The Bertz CT molecular complexity index is 1210. The first-order valence-corrected chi connectivity index (χ1v) is 12.1. The fourth-order valence-electron chi connectivity index (χ4n) is 4.48. The van der Waals surface area contributed by atoms with Crippen molar-refractivity contribution in [2.75, 3.05) is 11.9 Å². The average Bonchev–Trinajstić information content (AvgIpc) is 2.86. The summed E-state index contributed by atoms with van der Waals surface area (Å²) < 4.78 is 19.5. The molecule has 7 nitrogen and oxygen atoms in total. The summed E-state index contributed by atoms with van der Waals surface area (Å²) in [6.45, 7) is 2.40. The number of rotatable bonds is 6. The summed E-state index contributed by atoms with van der Waals surface area (Å²) in [5, 5.41) is 7.45. The van der Waals surface area contributed by atoms with Crippen LogP contribution in [-0.2, 0) is 11.3 Å². The highest BCUT2D eigenvalue weighted by atomic mass is 35.5. The minimum absolute atomic E-state index is 0.00584. The molecular formula is C26H28ClFN4O3. The summed E-state index contributed by atoms with van der Waals surface area (Å²) in [7, 11) is 0. The molecule has 1 aliphatic carbocycles. The molecule has 184 valence electrons. The molecular weight excluding hydrogens is 471 g/mol. The second-order valence-corrected chi connectivity index (χ2v) is 8.87. The Morgan fingerprint density at radius 3 is 2.71 bits per heavy atom. The van der Waals surface area contributed by atoms with Gasteiger partial charge in [-0.25, -0.2) is 19.0 Å². The number of nitrogens with one attached hydrogen (secondary N) is 2. The minimum Gasteiger partial charge on any atom is -0.444 e. The summed E-state index contributed by atoms with van der Waals surface area (Å²) in [4.78, 5) is 31.6. The number of benzene rings is 2. The molecule has 0 bridgehead atoms. The number of halogens is 2. The van der Waals surface area contributed by atoms with Crippen LogP contribution in [0.2, 0.25) is 5.02 Å². The van der Waals surface area contributed by atoms with E-state index in [2.05, 4.69) is 15.6 Å². The Morgan fingerprint density at radius 1 is 1.14 bits per heavy atom. The Kier molecular flexibility index (Phi) is 8.02. The monoisotopic (exact) mass is 498 g/mol. The standard InChI is InChI=1S/C26H28ClFN4O3/c1-2-32(25(33)30-16-19-10-7-11-20(28)24(19)27)21-12-5-6-13-22(21)35-26(34)31-23-14-17-8-3-4-9-18(17)15-29-23/h3-4,7-11,14-15,21-22H,2,5-6,12-13,16H2,1H3,(H,30,33)(H,29,31,34)/t21-,22-/m1/s1. The van der Waals surface area contributed by atoms with Crippen LogP contribution in [0.1, 0.15) is 38.2 Å². The first kappa shape index (κ1) is 24.7. The van der Waals surface area contributed by atoms with Gasteiger partial charge in [0.15, 0.2) is 0 Å². The van der Waals surface area contributed by atoms with Crippen molar-refractivity contribution in [2.24, 2.45) is 0 Å². The fourth-order valence-corrected chi connectivity index (χ4v) is 4.67. The van der Waals surface area contributed by atoms with Crippen LogP contribution < -0.4 is 10.6 Å². The zero-order valence-electron chi connectivity index (χ0n) is 19.5. The summed E-state index contributed by atoms with van der Waals surface area (Å²) in [5.74, 6) is -0.128. The molecule has 1 saturated carbocycles. The number of hydrogen-bond donors (Lipinski definition) is 2. The van der Waals surface area contributed by atoms with Gasteiger partial charge in [-0.15, -0.1) is 0 Å². The van der Waals surface area contributed by atoms with Gasteiger partial charge >= 0.3 is 12.1 Å². The molecule has 0 spiro atoms. The molecule has 1 aromatic heterocycles. The topological polar surface area (TPSA) is 83.6 Å². The predicted octanol–water partition coefficient (Wildman–Crippen LogP) is 6.12. The molecule has 1 heterocycles. The molecule has 0 aliphatic heterocycles. The summed E-state index contributed by atoms with van der Waals surface area (Å²) in [6.07, 6.45) is 3.85. The number of likely N-dealkylation sites (N-methyl/N-ethyl adjacent to an activating group) is 1. The van der Waals surface area contributed by atoms with Crippen LogP contribution in [0.25, 0.3) is 10.8 Å². The van der Waals surface area contributed by atoms with Crippen LogP contribution in [0.4, 0.5) is 19.8 Å². The van der Waals surface area contributed by atoms with Gasteiger partial charge in [0, 0.05) is 24.7 Å². The number of urea groups is 1. The van der Waals surface area contributed by atoms with Crippen molar-refractivity contribution >= 4 is 40.3 Å². The van der Waals surface area contributed by atoms with E-state index in [9.17, 15) is 14.0 Å². The maximum Gasteiger partial charge on any atom is 0.413 e. The number of aromatic nitrogens is 1. The van der Waals surface area contributed by atoms with Gasteiger partial charge in [0.2, 0.25) is 0 Å². The Balaban J connectivity index is 1.39. The number of carbonyl (C=O) groups excluding carboxylic acids is 2. The quantitative estimate of drug-likeness (QED) is 0.429. The fraction of sp³-hybridized carbons (Fsp3) is 0.346.